The highest BCUT2D eigenvalue weighted by molar-refractivity contribution is 6.30. The quantitative estimate of drug-likeness (QED) is 0.685. The first-order valence-electron chi connectivity index (χ1n) is 5.67. The van der Waals surface area contributed by atoms with E-state index in [1.165, 1.54) is 4.68 Å². The van der Waals surface area contributed by atoms with E-state index in [0.717, 1.165) is 5.56 Å². The van der Waals surface area contributed by atoms with Gasteiger partial charge in [0.05, 0.1) is 5.39 Å². The fourth-order valence-corrected chi connectivity index (χ4v) is 2.22. The van der Waals surface area contributed by atoms with Crippen LogP contribution in [-0.2, 0) is 7.05 Å². The van der Waals surface area contributed by atoms with Crippen LogP contribution in [0.1, 0.15) is 5.76 Å². The Morgan fingerprint density at radius 3 is 2.89 bits per heavy atom. The summed E-state index contributed by atoms with van der Waals surface area (Å²) in [6.45, 7) is 1.75. The summed E-state index contributed by atoms with van der Waals surface area (Å²) in [4.78, 5) is 11.9. The summed E-state index contributed by atoms with van der Waals surface area (Å²) in [5, 5.41) is 9.33. The lowest BCUT2D eigenvalue weighted by atomic mass is 10.1. The number of rotatable bonds is 1. The summed E-state index contributed by atoms with van der Waals surface area (Å²) in [5.74, 6) is 0.565. The van der Waals surface area contributed by atoms with Gasteiger partial charge in [-0.1, -0.05) is 28.9 Å². The van der Waals surface area contributed by atoms with Crippen molar-refractivity contribution in [3.8, 4) is 11.3 Å². The number of hydrogen-bond donors (Lipinski definition) is 0. The highest BCUT2D eigenvalue weighted by atomic mass is 35.5. The van der Waals surface area contributed by atoms with Crippen molar-refractivity contribution in [3.05, 3.63) is 45.4 Å². The molecule has 0 unspecified atom stereocenters. The monoisotopic (exact) mass is 275 g/mol. The Morgan fingerprint density at radius 2 is 2.16 bits per heavy atom. The molecule has 0 saturated heterocycles. The molecule has 2 heterocycles. The summed E-state index contributed by atoms with van der Waals surface area (Å²) < 4.78 is 6.36. The Hall–Kier alpha value is -2.14. The fourth-order valence-electron chi connectivity index (χ4n) is 2.03. The van der Waals surface area contributed by atoms with Gasteiger partial charge in [0.15, 0.2) is 5.52 Å². The molecule has 0 amide bonds. The van der Waals surface area contributed by atoms with Gasteiger partial charge in [0.2, 0.25) is 0 Å². The SMILES string of the molecule is Cc1onc2c(=O)n(C)nc(-c3cccc(Cl)c3)c12. The Labute approximate surface area is 113 Å². The molecular formula is C13H10ClN3O2. The van der Waals surface area contributed by atoms with Crippen molar-refractivity contribution < 1.29 is 4.52 Å². The van der Waals surface area contributed by atoms with Crippen LogP contribution in [0.2, 0.25) is 5.02 Å². The minimum absolute atomic E-state index is 0.280. The van der Waals surface area contributed by atoms with Crippen molar-refractivity contribution in [1.29, 1.82) is 0 Å². The average Bonchev–Trinajstić information content (AvgIpc) is 2.76. The van der Waals surface area contributed by atoms with Crippen LogP contribution in [0, 0.1) is 6.92 Å². The summed E-state index contributed by atoms with van der Waals surface area (Å²) in [6, 6.07) is 7.29. The highest BCUT2D eigenvalue weighted by Gasteiger charge is 2.17. The van der Waals surface area contributed by atoms with Crippen molar-refractivity contribution in [2.75, 3.05) is 0 Å². The number of halogens is 1. The fraction of sp³-hybridized carbons (Fsp3) is 0.154. The van der Waals surface area contributed by atoms with Crippen LogP contribution in [0.25, 0.3) is 22.2 Å². The van der Waals surface area contributed by atoms with Crippen LogP contribution in [0.5, 0.6) is 0 Å². The zero-order valence-electron chi connectivity index (χ0n) is 10.3. The van der Waals surface area contributed by atoms with Gasteiger partial charge in [0, 0.05) is 17.6 Å². The first-order chi connectivity index (χ1) is 9.08. The standard InChI is InChI=1S/C13H10ClN3O2/c1-7-10-11(8-4-3-5-9(14)6-8)15-17(2)13(18)12(10)16-19-7/h3-6H,1-2H3. The molecule has 19 heavy (non-hydrogen) atoms. The van der Waals surface area contributed by atoms with E-state index in [0.29, 0.717) is 21.9 Å². The molecule has 0 fully saturated rings. The number of fused-ring (bicyclic) bond motifs is 1. The van der Waals surface area contributed by atoms with Gasteiger partial charge in [-0.25, -0.2) is 4.68 Å². The number of aromatic nitrogens is 3. The van der Waals surface area contributed by atoms with Gasteiger partial charge in [-0.05, 0) is 19.1 Å². The molecule has 0 aliphatic carbocycles. The predicted molar refractivity (Wildman–Crippen MR) is 72.2 cm³/mol. The molecule has 5 nitrogen and oxygen atoms in total. The normalized spacial score (nSPS) is 11.1. The molecule has 1 aromatic carbocycles. The van der Waals surface area contributed by atoms with Gasteiger partial charge < -0.3 is 4.52 Å². The third kappa shape index (κ3) is 1.82. The number of aryl methyl sites for hydroxylation is 2. The van der Waals surface area contributed by atoms with E-state index in [4.69, 9.17) is 16.1 Å². The van der Waals surface area contributed by atoms with Crippen molar-refractivity contribution in [2.24, 2.45) is 7.05 Å². The molecule has 2 aromatic heterocycles. The molecule has 0 N–H and O–H groups in total. The summed E-state index contributed by atoms with van der Waals surface area (Å²) in [7, 11) is 1.58. The zero-order valence-corrected chi connectivity index (χ0v) is 11.1. The van der Waals surface area contributed by atoms with Crippen molar-refractivity contribution in [2.45, 2.75) is 6.92 Å². The first kappa shape index (κ1) is 11.9. The second-order valence-corrected chi connectivity index (χ2v) is 4.69. The average molecular weight is 276 g/mol. The second-order valence-electron chi connectivity index (χ2n) is 4.25. The minimum Gasteiger partial charge on any atom is -0.360 e. The van der Waals surface area contributed by atoms with Crippen LogP contribution < -0.4 is 5.56 Å². The molecule has 0 spiro atoms. The van der Waals surface area contributed by atoms with Crippen LogP contribution in [0.3, 0.4) is 0 Å². The summed E-state index contributed by atoms with van der Waals surface area (Å²) in [6.07, 6.45) is 0. The van der Waals surface area contributed by atoms with E-state index in [1.54, 1.807) is 26.1 Å². The third-order valence-electron chi connectivity index (χ3n) is 2.94. The van der Waals surface area contributed by atoms with E-state index in [1.807, 2.05) is 12.1 Å². The Kier molecular flexibility index (Phi) is 2.64. The largest absolute Gasteiger partial charge is 0.360 e. The highest BCUT2D eigenvalue weighted by Crippen LogP contribution is 2.28. The second kappa shape index (κ2) is 4.20. The zero-order chi connectivity index (χ0) is 13.6. The number of benzene rings is 1. The summed E-state index contributed by atoms with van der Waals surface area (Å²) >= 11 is 6.00. The number of nitrogens with zero attached hydrogens (tertiary/aromatic N) is 3. The van der Waals surface area contributed by atoms with E-state index in [-0.39, 0.29) is 11.1 Å². The van der Waals surface area contributed by atoms with Crippen molar-refractivity contribution in [1.82, 2.24) is 14.9 Å². The van der Waals surface area contributed by atoms with Crippen LogP contribution >= 0.6 is 11.6 Å². The van der Waals surface area contributed by atoms with Crippen LogP contribution in [0.15, 0.2) is 33.6 Å². The molecule has 0 aliphatic rings. The maximum Gasteiger partial charge on any atom is 0.296 e. The van der Waals surface area contributed by atoms with Crippen LogP contribution in [0.4, 0.5) is 0 Å². The predicted octanol–water partition coefficient (Wildman–Crippen LogP) is 2.55. The lowest BCUT2D eigenvalue weighted by Gasteiger charge is -2.05. The third-order valence-corrected chi connectivity index (χ3v) is 3.18. The van der Waals surface area contributed by atoms with Crippen molar-refractivity contribution >= 4 is 22.5 Å². The van der Waals surface area contributed by atoms with Gasteiger partial charge in [0.25, 0.3) is 5.56 Å². The molecule has 3 aromatic rings. The van der Waals surface area contributed by atoms with E-state index >= 15 is 0 Å². The van der Waals surface area contributed by atoms with E-state index in [2.05, 4.69) is 10.3 Å². The van der Waals surface area contributed by atoms with Gasteiger partial charge >= 0.3 is 0 Å². The molecule has 6 heteroatoms. The van der Waals surface area contributed by atoms with Gasteiger partial charge in [0.1, 0.15) is 11.5 Å². The lowest BCUT2D eigenvalue weighted by molar-refractivity contribution is 0.405. The first-order valence-corrected chi connectivity index (χ1v) is 6.05. The summed E-state index contributed by atoms with van der Waals surface area (Å²) in [5.41, 5.74) is 1.46. The van der Waals surface area contributed by atoms with E-state index in [9.17, 15) is 4.79 Å². The minimum atomic E-state index is -0.280. The molecule has 0 aliphatic heterocycles. The topological polar surface area (TPSA) is 60.9 Å². The Morgan fingerprint density at radius 1 is 1.37 bits per heavy atom. The van der Waals surface area contributed by atoms with Gasteiger partial charge in [-0.2, -0.15) is 5.10 Å². The molecule has 0 bridgehead atoms. The molecule has 96 valence electrons. The smallest absolute Gasteiger partial charge is 0.296 e. The Balaban J connectivity index is 2.44. The lowest BCUT2D eigenvalue weighted by Crippen LogP contribution is -2.20. The molecule has 3 rings (SSSR count). The maximum atomic E-state index is 11.9. The molecule has 0 saturated carbocycles. The van der Waals surface area contributed by atoms with Gasteiger partial charge in [-0.15, -0.1) is 0 Å². The van der Waals surface area contributed by atoms with E-state index < -0.39 is 0 Å². The Bertz CT molecular complexity index is 836. The molecule has 0 atom stereocenters. The molecule has 0 radical (unpaired) electrons. The van der Waals surface area contributed by atoms with Crippen LogP contribution in [-0.4, -0.2) is 14.9 Å². The maximum absolute atomic E-state index is 11.9. The molecular weight excluding hydrogens is 266 g/mol. The number of hydrogen-bond acceptors (Lipinski definition) is 4. The van der Waals surface area contributed by atoms with Gasteiger partial charge in [-0.3, -0.25) is 4.79 Å². The van der Waals surface area contributed by atoms with Crippen molar-refractivity contribution in [3.63, 3.8) is 0 Å².